The standard InChI is InChI=1S/C23H16Cl2N2O4/c1-12-4-7-18(28)17(9-12)27-20(14-3-2-8-26-11-14)19(22(30)23(27)31)21(29)13-5-6-15(24)16(25)10-13/h2-11,20,28-29H,1H3/b21-19-. The average Bonchev–Trinajstić information content (AvgIpc) is 3.02. The molecule has 0 aliphatic carbocycles. The normalized spacial score (nSPS) is 17.9. The van der Waals surface area contributed by atoms with Crippen molar-refractivity contribution < 1.29 is 19.8 Å². The Balaban J connectivity index is 1.98. The Kier molecular flexibility index (Phi) is 5.43. The Bertz CT molecular complexity index is 1240. The van der Waals surface area contributed by atoms with Crippen LogP contribution in [0.15, 0.2) is 66.5 Å². The van der Waals surface area contributed by atoms with Crippen LogP contribution in [-0.2, 0) is 9.59 Å². The highest BCUT2D eigenvalue weighted by atomic mass is 35.5. The van der Waals surface area contributed by atoms with Crippen LogP contribution in [-0.4, -0.2) is 26.9 Å². The number of amides is 1. The minimum Gasteiger partial charge on any atom is -0.507 e. The van der Waals surface area contributed by atoms with Crippen LogP contribution in [0.4, 0.5) is 5.69 Å². The number of benzene rings is 2. The minimum absolute atomic E-state index is 0.141. The highest BCUT2D eigenvalue weighted by Crippen LogP contribution is 2.45. The van der Waals surface area contributed by atoms with Gasteiger partial charge in [0.25, 0.3) is 11.7 Å². The summed E-state index contributed by atoms with van der Waals surface area (Å²) in [5.74, 6) is -2.34. The molecule has 3 aromatic rings. The summed E-state index contributed by atoms with van der Waals surface area (Å²) < 4.78 is 0. The highest BCUT2D eigenvalue weighted by molar-refractivity contribution is 6.52. The number of aliphatic hydroxyl groups excluding tert-OH is 1. The summed E-state index contributed by atoms with van der Waals surface area (Å²) >= 11 is 12.0. The van der Waals surface area contributed by atoms with Crippen molar-refractivity contribution in [2.45, 2.75) is 13.0 Å². The van der Waals surface area contributed by atoms with Crippen molar-refractivity contribution in [1.82, 2.24) is 4.98 Å². The Morgan fingerprint density at radius 1 is 1.06 bits per heavy atom. The van der Waals surface area contributed by atoms with Gasteiger partial charge < -0.3 is 10.2 Å². The van der Waals surface area contributed by atoms with Gasteiger partial charge in [0.05, 0.1) is 27.3 Å². The fraction of sp³-hybridized carbons (Fsp3) is 0.0870. The average molecular weight is 455 g/mol. The van der Waals surface area contributed by atoms with E-state index in [9.17, 15) is 19.8 Å². The number of nitrogens with zero attached hydrogens (tertiary/aromatic N) is 2. The molecule has 0 radical (unpaired) electrons. The first-order valence-corrected chi connectivity index (χ1v) is 10.0. The van der Waals surface area contributed by atoms with E-state index in [1.165, 1.54) is 35.4 Å². The largest absolute Gasteiger partial charge is 0.507 e. The van der Waals surface area contributed by atoms with E-state index in [1.54, 1.807) is 37.4 Å². The molecule has 0 spiro atoms. The molecular weight excluding hydrogens is 439 g/mol. The van der Waals surface area contributed by atoms with E-state index in [4.69, 9.17) is 23.2 Å². The van der Waals surface area contributed by atoms with Crippen molar-refractivity contribution >= 4 is 46.3 Å². The summed E-state index contributed by atoms with van der Waals surface area (Å²) in [6.45, 7) is 1.80. The van der Waals surface area contributed by atoms with Crippen LogP contribution in [0.5, 0.6) is 5.75 Å². The first-order valence-electron chi connectivity index (χ1n) is 9.25. The molecule has 1 atom stereocenters. The van der Waals surface area contributed by atoms with Crippen LogP contribution in [0.25, 0.3) is 5.76 Å². The molecule has 1 aromatic heterocycles. The maximum atomic E-state index is 13.1. The van der Waals surface area contributed by atoms with Crippen molar-refractivity contribution in [3.05, 3.63) is 93.2 Å². The minimum atomic E-state index is -1.00. The summed E-state index contributed by atoms with van der Waals surface area (Å²) in [6, 6.07) is 11.5. The third-order valence-electron chi connectivity index (χ3n) is 5.03. The Morgan fingerprint density at radius 3 is 2.52 bits per heavy atom. The molecule has 2 N–H and O–H groups in total. The molecule has 0 bridgehead atoms. The lowest BCUT2D eigenvalue weighted by molar-refractivity contribution is -0.132. The molecule has 6 nitrogen and oxygen atoms in total. The molecule has 1 amide bonds. The zero-order valence-corrected chi connectivity index (χ0v) is 17.7. The first-order chi connectivity index (χ1) is 14.8. The van der Waals surface area contributed by atoms with E-state index in [2.05, 4.69) is 4.98 Å². The maximum Gasteiger partial charge on any atom is 0.300 e. The van der Waals surface area contributed by atoms with Gasteiger partial charge in [0.1, 0.15) is 11.5 Å². The summed E-state index contributed by atoms with van der Waals surface area (Å²) in [6.07, 6.45) is 3.05. The number of phenolic OH excluding ortho intramolecular Hbond substituents is 1. The van der Waals surface area contributed by atoms with Gasteiger partial charge in [-0.1, -0.05) is 35.3 Å². The number of ketones is 1. The SMILES string of the molecule is Cc1ccc(O)c(N2C(=O)C(=O)/C(=C(\O)c3ccc(Cl)c(Cl)c3)C2c2cccnc2)c1. The van der Waals surface area contributed by atoms with Crippen LogP contribution in [0, 0.1) is 6.92 Å². The second-order valence-corrected chi connectivity index (χ2v) is 7.89. The number of halogens is 2. The summed E-state index contributed by atoms with van der Waals surface area (Å²) in [4.78, 5) is 31.4. The molecule has 1 aliphatic rings. The second-order valence-electron chi connectivity index (χ2n) is 7.08. The number of carbonyl (C=O) groups excluding carboxylic acids is 2. The summed E-state index contributed by atoms with van der Waals surface area (Å²) in [7, 11) is 0. The number of pyridine rings is 1. The van der Waals surface area contributed by atoms with Gasteiger partial charge in [0.2, 0.25) is 0 Å². The molecule has 4 rings (SSSR count). The van der Waals surface area contributed by atoms with Crippen molar-refractivity contribution in [2.24, 2.45) is 0 Å². The van der Waals surface area contributed by atoms with Gasteiger partial charge in [0.15, 0.2) is 0 Å². The molecule has 2 aromatic carbocycles. The van der Waals surface area contributed by atoms with Gasteiger partial charge in [-0.15, -0.1) is 0 Å². The number of Topliss-reactive ketones (excluding diaryl/α,β-unsaturated/α-hetero) is 1. The monoisotopic (exact) mass is 454 g/mol. The number of aliphatic hydroxyl groups is 1. The lowest BCUT2D eigenvalue weighted by Gasteiger charge is -2.26. The lowest BCUT2D eigenvalue weighted by Crippen LogP contribution is -2.29. The smallest absolute Gasteiger partial charge is 0.300 e. The number of anilines is 1. The molecule has 8 heteroatoms. The predicted octanol–water partition coefficient (Wildman–Crippen LogP) is 5.03. The van der Waals surface area contributed by atoms with Crippen LogP contribution in [0.1, 0.15) is 22.7 Å². The number of aryl methyl sites for hydroxylation is 1. The Hall–Kier alpha value is -3.35. The molecule has 1 aliphatic heterocycles. The van der Waals surface area contributed by atoms with Gasteiger partial charge in [-0.3, -0.25) is 19.5 Å². The number of phenols is 1. The van der Waals surface area contributed by atoms with E-state index in [0.29, 0.717) is 5.56 Å². The molecule has 156 valence electrons. The van der Waals surface area contributed by atoms with E-state index >= 15 is 0 Å². The van der Waals surface area contributed by atoms with Gasteiger partial charge in [-0.2, -0.15) is 0 Å². The summed E-state index contributed by atoms with van der Waals surface area (Å²) in [5, 5.41) is 22.0. The van der Waals surface area contributed by atoms with Gasteiger partial charge in [-0.25, -0.2) is 0 Å². The fourth-order valence-corrected chi connectivity index (χ4v) is 3.86. The zero-order chi connectivity index (χ0) is 22.3. The molecule has 1 saturated heterocycles. The van der Waals surface area contributed by atoms with E-state index in [0.717, 1.165) is 5.56 Å². The van der Waals surface area contributed by atoms with E-state index < -0.39 is 23.5 Å². The van der Waals surface area contributed by atoms with Crippen LogP contribution in [0.2, 0.25) is 10.0 Å². The van der Waals surface area contributed by atoms with Crippen molar-refractivity contribution in [1.29, 1.82) is 0 Å². The van der Waals surface area contributed by atoms with E-state index in [-0.39, 0.29) is 32.6 Å². The van der Waals surface area contributed by atoms with Crippen molar-refractivity contribution in [2.75, 3.05) is 4.90 Å². The van der Waals surface area contributed by atoms with Crippen molar-refractivity contribution in [3.63, 3.8) is 0 Å². The Labute approximate surface area is 188 Å². The second kappa shape index (κ2) is 8.06. The maximum absolute atomic E-state index is 13.1. The zero-order valence-electron chi connectivity index (χ0n) is 16.2. The van der Waals surface area contributed by atoms with E-state index in [1.807, 2.05) is 0 Å². The molecule has 0 saturated carbocycles. The fourth-order valence-electron chi connectivity index (χ4n) is 3.56. The van der Waals surface area contributed by atoms with Gasteiger partial charge in [-0.05, 0) is 54.4 Å². The lowest BCUT2D eigenvalue weighted by atomic mass is 9.96. The molecule has 1 unspecified atom stereocenters. The number of carbonyl (C=O) groups is 2. The van der Waals surface area contributed by atoms with Crippen molar-refractivity contribution in [3.8, 4) is 5.75 Å². The van der Waals surface area contributed by atoms with Gasteiger partial charge in [0, 0.05) is 18.0 Å². The Morgan fingerprint density at radius 2 is 1.84 bits per heavy atom. The molecule has 2 heterocycles. The first kappa shape index (κ1) is 20.9. The predicted molar refractivity (Wildman–Crippen MR) is 118 cm³/mol. The summed E-state index contributed by atoms with van der Waals surface area (Å²) in [5.41, 5.74) is 1.52. The van der Waals surface area contributed by atoms with Gasteiger partial charge >= 0.3 is 0 Å². The van der Waals surface area contributed by atoms with Crippen LogP contribution in [0.3, 0.4) is 0 Å². The molecular formula is C23H16Cl2N2O4. The number of aromatic hydroxyl groups is 1. The molecule has 1 fully saturated rings. The number of hydrogen-bond acceptors (Lipinski definition) is 5. The number of rotatable bonds is 3. The number of aromatic nitrogens is 1. The van der Waals surface area contributed by atoms with Crippen LogP contribution >= 0.6 is 23.2 Å². The highest BCUT2D eigenvalue weighted by Gasteiger charge is 2.47. The third-order valence-corrected chi connectivity index (χ3v) is 5.77. The quantitative estimate of drug-likeness (QED) is 0.329. The number of hydrogen-bond donors (Lipinski definition) is 2. The molecule has 31 heavy (non-hydrogen) atoms. The third kappa shape index (κ3) is 3.65. The topological polar surface area (TPSA) is 90.7 Å². The van der Waals surface area contributed by atoms with Crippen LogP contribution < -0.4 is 4.90 Å².